The number of piperidine rings is 1. The van der Waals surface area contributed by atoms with Gasteiger partial charge in [0.25, 0.3) is 0 Å². The number of hydrogen-bond acceptors (Lipinski definition) is 5. The third kappa shape index (κ3) is 6.35. The van der Waals surface area contributed by atoms with Crippen molar-refractivity contribution in [3.8, 4) is 0 Å². The van der Waals surface area contributed by atoms with Crippen molar-refractivity contribution < 1.29 is 4.39 Å². The molecule has 1 aliphatic rings. The summed E-state index contributed by atoms with van der Waals surface area (Å²) in [4.78, 5) is 4.42. The van der Waals surface area contributed by atoms with Gasteiger partial charge in [-0.2, -0.15) is 5.10 Å². The van der Waals surface area contributed by atoms with E-state index in [0.29, 0.717) is 18.4 Å². The van der Waals surface area contributed by atoms with Crippen LogP contribution < -0.4 is 16.0 Å². The van der Waals surface area contributed by atoms with Crippen molar-refractivity contribution in [2.75, 3.05) is 18.4 Å². The van der Waals surface area contributed by atoms with Crippen LogP contribution in [0.2, 0.25) is 0 Å². The van der Waals surface area contributed by atoms with Crippen molar-refractivity contribution in [3.05, 3.63) is 71.1 Å². The Kier molecular flexibility index (Phi) is 7.76. The van der Waals surface area contributed by atoms with E-state index in [2.05, 4.69) is 38.7 Å². The van der Waals surface area contributed by atoms with E-state index < -0.39 is 5.83 Å². The summed E-state index contributed by atoms with van der Waals surface area (Å²) in [7, 11) is 0. The number of aliphatic imine (C=N–C) groups is 1. The molecule has 0 radical (unpaired) electrons. The number of halogens is 1. The summed E-state index contributed by atoms with van der Waals surface area (Å²) in [6.07, 6.45) is 5.44. The normalized spacial score (nSPS) is 15.9. The highest BCUT2D eigenvalue weighted by Crippen LogP contribution is 2.17. The van der Waals surface area contributed by atoms with Gasteiger partial charge in [-0.25, -0.2) is 14.1 Å². The van der Waals surface area contributed by atoms with E-state index in [1.54, 1.807) is 6.92 Å². The lowest BCUT2D eigenvalue weighted by molar-refractivity contribution is 0.386. The van der Waals surface area contributed by atoms with Crippen molar-refractivity contribution in [2.24, 2.45) is 4.99 Å². The molecule has 6 nitrogen and oxygen atoms in total. The van der Waals surface area contributed by atoms with Crippen LogP contribution in [0.1, 0.15) is 42.1 Å². The number of rotatable bonds is 7. The monoisotopic (exact) mass is 424 g/mol. The Bertz CT molecular complexity index is 962. The molecule has 0 saturated carbocycles. The van der Waals surface area contributed by atoms with Crippen LogP contribution in [0.25, 0.3) is 0 Å². The second-order valence-corrected chi connectivity index (χ2v) is 8.11. The summed E-state index contributed by atoms with van der Waals surface area (Å²) in [6, 6.07) is 6.59. The number of anilines is 1. The molecule has 0 atom stereocenters. The molecule has 1 aromatic carbocycles. The minimum Gasteiger partial charge on any atom is -0.341 e. The Labute approximate surface area is 184 Å². The summed E-state index contributed by atoms with van der Waals surface area (Å²) in [5.41, 5.74) is 5.02. The highest BCUT2D eigenvalue weighted by atomic mass is 19.1. The SMILES string of the molecule is C=C(/N=C(\C(F)=C/C)n1cc(CNC2CCNCC2)c(C)n1)Nc1cc(C)cc(C)c1. The van der Waals surface area contributed by atoms with Gasteiger partial charge in [-0.05, 0) is 83.0 Å². The van der Waals surface area contributed by atoms with Crippen LogP contribution in [0, 0.1) is 20.8 Å². The summed E-state index contributed by atoms with van der Waals surface area (Å²) in [5.74, 6) is 0.00358. The van der Waals surface area contributed by atoms with Crippen molar-refractivity contribution in [2.45, 2.75) is 53.1 Å². The second-order valence-electron chi connectivity index (χ2n) is 8.11. The van der Waals surface area contributed by atoms with Crippen LogP contribution in [0.3, 0.4) is 0 Å². The van der Waals surface area contributed by atoms with Crippen molar-refractivity contribution in [3.63, 3.8) is 0 Å². The van der Waals surface area contributed by atoms with Gasteiger partial charge >= 0.3 is 0 Å². The van der Waals surface area contributed by atoms with Gasteiger partial charge in [0.1, 0.15) is 5.82 Å². The molecule has 0 bridgehead atoms. The van der Waals surface area contributed by atoms with Crippen LogP contribution in [0.15, 0.2) is 53.7 Å². The average molecular weight is 425 g/mol. The molecule has 1 aromatic heterocycles. The quantitative estimate of drug-likeness (QED) is 0.457. The number of aromatic nitrogens is 2. The molecular weight excluding hydrogens is 391 g/mol. The number of nitrogens with zero attached hydrogens (tertiary/aromatic N) is 3. The average Bonchev–Trinajstić information content (AvgIpc) is 3.10. The maximum Gasteiger partial charge on any atom is 0.191 e. The minimum atomic E-state index is -0.455. The van der Waals surface area contributed by atoms with Gasteiger partial charge in [0, 0.05) is 30.0 Å². The number of aryl methyl sites for hydroxylation is 3. The lowest BCUT2D eigenvalue weighted by atomic mass is 10.1. The maximum atomic E-state index is 14.7. The largest absolute Gasteiger partial charge is 0.341 e. The molecule has 0 amide bonds. The lowest BCUT2D eigenvalue weighted by Crippen LogP contribution is -2.39. The maximum absolute atomic E-state index is 14.7. The summed E-state index contributed by atoms with van der Waals surface area (Å²) >= 11 is 0. The molecule has 166 valence electrons. The predicted molar refractivity (Wildman–Crippen MR) is 126 cm³/mol. The molecule has 31 heavy (non-hydrogen) atoms. The molecule has 1 saturated heterocycles. The van der Waals surface area contributed by atoms with E-state index in [4.69, 9.17) is 0 Å². The van der Waals surface area contributed by atoms with Crippen molar-refractivity contribution in [1.82, 2.24) is 20.4 Å². The third-order valence-corrected chi connectivity index (χ3v) is 5.36. The Hall–Kier alpha value is -2.77. The summed E-state index contributed by atoms with van der Waals surface area (Å²) in [5, 5.41) is 14.6. The summed E-state index contributed by atoms with van der Waals surface area (Å²) < 4.78 is 16.2. The van der Waals surface area contributed by atoms with E-state index >= 15 is 0 Å². The molecular formula is C24H33FN6. The van der Waals surface area contributed by atoms with E-state index in [1.165, 1.54) is 10.8 Å². The van der Waals surface area contributed by atoms with Crippen LogP contribution in [-0.4, -0.2) is 34.7 Å². The second kappa shape index (κ2) is 10.5. The zero-order valence-corrected chi connectivity index (χ0v) is 18.9. The highest BCUT2D eigenvalue weighted by Gasteiger charge is 2.16. The minimum absolute atomic E-state index is 0.112. The number of benzene rings is 1. The first kappa shape index (κ1) is 22.9. The molecule has 1 aliphatic heterocycles. The molecule has 3 rings (SSSR count). The van der Waals surface area contributed by atoms with Crippen LogP contribution in [0.4, 0.5) is 10.1 Å². The van der Waals surface area contributed by atoms with E-state index in [-0.39, 0.29) is 5.84 Å². The van der Waals surface area contributed by atoms with Gasteiger partial charge in [0.05, 0.1) is 5.69 Å². The molecule has 0 aliphatic carbocycles. The zero-order valence-electron chi connectivity index (χ0n) is 18.9. The zero-order chi connectivity index (χ0) is 22.4. The van der Waals surface area contributed by atoms with Crippen molar-refractivity contribution >= 4 is 11.5 Å². The van der Waals surface area contributed by atoms with Gasteiger partial charge in [0.15, 0.2) is 11.7 Å². The first-order valence-electron chi connectivity index (χ1n) is 10.8. The Balaban J connectivity index is 1.77. The molecule has 0 spiro atoms. The standard InChI is InChI=1S/C24H33FN6/c1-6-23(25)24(29-19(5)28-22-12-16(2)11-17(3)13-22)31-15-20(18(4)30-31)14-27-21-7-9-26-10-8-21/h6,11-13,15,21,26-28H,5,7-10,14H2,1-4H3/b23-6+,29-24+. The fraction of sp³-hybridized carbons (Fsp3) is 0.417. The third-order valence-electron chi connectivity index (χ3n) is 5.36. The Morgan fingerprint density at radius 2 is 1.94 bits per heavy atom. The molecule has 2 heterocycles. The number of hydrogen-bond donors (Lipinski definition) is 3. The number of allylic oxidation sites excluding steroid dienone is 2. The summed E-state index contributed by atoms with van der Waals surface area (Å²) in [6.45, 7) is 14.4. The van der Waals surface area contributed by atoms with Crippen LogP contribution in [0.5, 0.6) is 0 Å². The van der Waals surface area contributed by atoms with Crippen molar-refractivity contribution in [1.29, 1.82) is 0 Å². The Morgan fingerprint density at radius 1 is 1.26 bits per heavy atom. The molecule has 3 N–H and O–H groups in total. The molecule has 1 fully saturated rings. The van der Waals surface area contributed by atoms with Gasteiger partial charge in [-0.1, -0.05) is 12.6 Å². The first-order chi connectivity index (χ1) is 14.9. The van der Waals surface area contributed by atoms with Gasteiger partial charge in [0.2, 0.25) is 0 Å². The number of nitrogens with one attached hydrogen (secondary N) is 3. The fourth-order valence-corrected chi connectivity index (χ4v) is 3.77. The molecule has 2 aromatic rings. The van der Waals surface area contributed by atoms with Crippen LogP contribution in [-0.2, 0) is 6.54 Å². The first-order valence-corrected chi connectivity index (χ1v) is 10.8. The lowest BCUT2D eigenvalue weighted by Gasteiger charge is -2.23. The molecule has 7 heteroatoms. The smallest absolute Gasteiger partial charge is 0.191 e. The Morgan fingerprint density at radius 3 is 2.58 bits per heavy atom. The van der Waals surface area contributed by atoms with Crippen LogP contribution >= 0.6 is 0 Å². The highest BCUT2D eigenvalue weighted by molar-refractivity contribution is 5.98. The predicted octanol–water partition coefficient (Wildman–Crippen LogP) is 4.35. The topological polar surface area (TPSA) is 66.3 Å². The van der Waals surface area contributed by atoms with E-state index in [9.17, 15) is 4.39 Å². The van der Waals surface area contributed by atoms with Gasteiger partial charge in [-0.3, -0.25) is 0 Å². The van der Waals surface area contributed by atoms with Gasteiger partial charge in [-0.15, -0.1) is 0 Å². The van der Waals surface area contributed by atoms with E-state index in [0.717, 1.165) is 54.0 Å². The fourth-order valence-electron chi connectivity index (χ4n) is 3.77. The molecule has 0 unspecified atom stereocenters. The van der Waals surface area contributed by atoms with Gasteiger partial charge < -0.3 is 16.0 Å². The van der Waals surface area contributed by atoms with E-state index in [1.807, 2.05) is 39.1 Å².